The Hall–Kier alpha value is -3.36. The summed E-state index contributed by atoms with van der Waals surface area (Å²) >= 11 is 0. The average molecular weight is 344 g/mol. The Labute approximate surface area is 141 Å². The Morgan fingerprint density at radius 2 is 1.76 bits per heavy atom. The molecule has 0 bridgehead atoms. The van der Waals surface area contributed by atoms with Crippen molar-refractivity contribution in [1.82, 2.24) is 24.8 Å². The number of urea groups is 1. The van der Waals surface area contributed by atoms with Gasteiger partial charge in [-0.2, -0.15) is 0 Å². The van der Waals surface area contributed by atoms with Crippen LogP contribution in [0, 0.1) is 11.6 Å². The zero-order valence-corrected chi connectivity index (χ0v) is 13.0. The number of amides is 2. The predicted octanol–water partition coefficient (Wildman–Crippen LogP) is 2.44. The monoisotopic (exact) mass is 344 g/mol. The minimum Gasteiger partial charge on any atom is -0.336 e. The Balaban J connectivity index is 1.57. The summed E-state index contributed by atoms with van der Waals surface area (Å²) in [6, 6.07) is 4.35. The van der Waals surface area contributed by atoms with Crippen molar-refractivity contribution < 1.29 is 13.6 Å². The first-order valence-corrected chi connectivity index (χ1v) is 7.42. The zero-order chi connectivity index (χ0) is 17.6. The molecule has 0 fully saturated rings. The fourth-order valence-corrected chi connectivity index (χ4v) is 2.18. The van der Waals surface area contributed by atoms with E-state index in [4.69, 9.17) is 0 Å². The normalized spacial score (nSPS) is 10.5. The molecule has 2 amide bonds. The molecule has 0 saturated carbocycles. The van der Waals surface area contributed by atoms with Crippen molar-refractivity contribution in [3.8, 4) is 11.6 Å². The molecule has 1 aromatic carbocycles. The van der Waals surface area contributed by atoms with Gasteiger partial charge in [-0.1, -0.05) is 6.07 Å². The molecular formula is C16H14F2N6O. The van der Waals surface area contributed by atoms with Crippen molar-refractivity contribution >= 4 is 11.7 Å². The fraction of sp³-hybridized carbons (Fsp3) is 0.125. The van der Waals surface area contributed by atoms with Crippen LogP contribution in [-0.2, 0) is 6.54 Å². The van der Waals surface area contributed by atoms with Crippen molar-refractivity contribution in [2.45, 2.75) is 6.54 Å². The minimum absolute atomic E-state index is 0.220. The molecule has 0 aliphatic carbocycles. The number of nitrogens with one attached hydrogen (secondary N) is 2. The number of nitrogens with zero attached hydrogens (tertiary/aromatic N) is 4. The quantitative estimate of drug-likeness (QED) is 0.744. The van der Waals surface area contributed by atoms with Crippen LogP contribution in [0.15, 0.2) is 49.1 Å². The topological polar surface area (TPSA) is 84.7 Å². The molecule has 0 saturated heterocycles. The molecule has 7 nitrogen and oxygen atoms in total. The number of anilines is 1. The Morgan fingerprint density at radius 3 is 2.48 bits per heavy atom. The van der Waals surface area contributed by atoms with Crippen molar-refractivity contribution in [2.75, 3.05) is 11.9 Å². The van der Waals surface area contributed by atoms with Gasteiger partial charge in [-0.3, -0.25) is 0 Å². The number of rotatable bonds is 5. The highest BCUT2D eigenvalue weighted by molar-refractivity contribution is 5.89. The van der Waals surface area contributed by atoms with Crippen LogP contribution >= 0.6 is 0 Å². The lowest BCUT2D eigenvalue weighted by molar-refractivity contribution is 0.251. The van der Waals surface area contributed by atoms with Gasteiger partial charge in [-0.05, 0) is 18.2 Å². The third-order valence-corrected chi connectivity index (χ3v) is 3.32. The summed E-state index contributed by atoms with van der Waals surface area (Å²) in [4.78, 5) is 24.2. The van der Waals surface area contributed by atoms with Crippen LogP contribution in [0.3, 0.4) is 0 Å². The third kappa shape index (κ3) is 3.94. The van der Waals surface area contributed by atoms with Gasteiger partial charge in [0, 0.05) is 37.9 Å². The van der Waals surface area contributed by atoms with Crippen LogP contribution in [-0.4, -0.2) is 32.1 Å². The van der Waals surface area contributed by atoms with Gasteiger partial charge in [0.25, 0.3) is 0 Å². The molecule has 0 radical (unpaired) electrons. The summed E-state index contributed by atoms with van der Waals surface area (Å²) in [6.45, 7) is 0.610. The van der Waals surface area contributed by atoms with E-state index in [1.807, 2.05) is 0 Å². The van der Waals surface area contributed by atoms with E-state index < -0.39 is 23.4 Å². The maximum atomic E-state index is 13.5. The number of benzene rings is 1. The van der Waals surface area contributed by atoms with Gasteiger partial charge in [-0.25, -0.2) is 28.5 Å². The van der Waals surface area contributed by atoms with Crippen molar-refractivity contribution in [3.05, 3.63) is 60.7 Å². The van der Waals surface area contributed by atoms with Crippen LogP contribution in [0.25, 0.3) is 11.6 Å². The third-order valence-electron chi connectivity index (χ3n) is 3.32. The van der Waals surface area contributed by atoms with E-state index in [1.54, 1.807) is 35.4 Å². The van der Waals surface area contributed by atoms with Crippen LogP contribution in [0.4, 0.5) is 19.3 Å². The lowest BCUT2D eigenvalue weighted by Gasteiger charge is -2.10. The number of para-hydroxylation sites is 1. The Morgan fingerprint density at radius 1 is 1.04 bits per heavy atom. The lowest BCUT2D eigenvalue weighted by Crippen LogP contribution is -2.32. The SMILES string of the molecule is O=C(NCCn1ccnc1-c1ncccn1)Nc1c(F)cccc1F. The van der Waals surface area contributed by atoms with Crippen LogP contribution < -0.4 is 10.6 Å². The summed E-state index contributed by atoms with van der Waals surface area (Å²) in [6.07, 6.45) is 6.54. The molecule has 0 aliphatic heterocycles. The highest BCUT2D eigenvalue weighted by Gasteiger charge is 2.12. The van der Waals surface area contributed by atoms with Gasteiger partial charge < -0.3 is 15.2 Å². The fourth-order valence-electron chi connectivity index (χ4n) is 2.18. The van der Waals surface area contributed by atoms with E-state index in [0.29, 0.717) is 18.2 Å². The Bertz CT molecular complexity index is 848. The first-order chi connectivity index (χ1) is 12.1. The van der Waals surface area contributed by atoms with E-state index >= 15 is 0 Å². The van der Waals surface area contributed by atoms with E-state index in [0.717, 1.165) is 12.1 Å². The highest BCUT2D eigenvalue weighted by atomic mass is 19.1. The largest absolute Gasteiger partial charge is 0.336 e. The maximum Gasteiger partial charge on any atom is 0.319 e. The molecule has 2 heterocycles. The van der Waals surface area contributed by atoms with Gasteiger partial charge in [-0.15, -0.1) is 0 Å². The summed E-state index contributed by atoms with van der Waals surface area (Å²) in [5, 5.41) is 4.69. The molecule has 3 rings (SSSR count). The van der Waals surface area contributed by atoms with Gasteiger partial charge in [0.05, 0.1) is 0 Å². The average Bonchev–Trinajstić information content (AvgIpc) is 3.08. The molecule has 0 aliphatic rings. The second kappa shape index (κ2) is 7.47. The van der Waals surface area contributed by atoms with E-state index in [2.05, 4.69) is 25.6 Å². The Kier molecular flexibility index (Phi) is 4.93. The molecule has 0 spiro atoms. The molecule has 3 aromatic rings. The van der Waals surface area contributed by atoms with Gasteiger partial charge in [0.1, 0.15) is 17.3 Å². The highest BCUT2D eigenvalue weighted by Crippen LogP contribution is 2.17. The second-order valence-corrected chi connectivity index (χ2v) is 4.99. The van der Waals surface area contributed by atoms with E-state index in [9.17, 15) is 13.6 Å². The smallest absolute Gasteiger partial charge is 0.319 e. The van der Waals surface area contributed by atoms with Crippen molar-refractivity contribution in [1.29, 1.82) is 0 Å². The molecule has 25 heavy (non-hydrogen) atoms. The van der Waals surface area contributed by atoms with Crippen LogP contribution in [0.1, 0.15) is 0 Å². The first kappa shape index (κ1) is 16.5. The number of aromatic nitrogens is 4. The van der Waals surface area contributed by atoms with Gasteiger partial charge in [0.15, 0.2) is 11.6 Å². The maximum absolute atomic E-state index is 13.5. The summed E-state index contributed by atoms with van der Waals surface area (Å²) in [5.41, 5.74) is -0.485. The molecule has 2 N–H and O–H groups in total. The second-order valence-electron chi connectivity index (χ2n) is 4.99. The minimum atomic E-state index is -0.840. The van der Waals surface area contributed by atoms with E-state index in [-0.39, 0.29) is 6.54 Å². The number of hydrogen-bond acceptors (Lipinski definition) is 4. The summed E-state index contributed by atoms with van der Waals surface area (Å²) in [7, 11) is 0. The molecule has 2 aromatic heterocycles. The summed E-state index contributed by atoms with van der Waals surface area (Å²) < 4.78 is 28.7. The molecule has 9 heteroatoms. The number of imidazole rings is 1. The van der Waals surface area contributed by atoms with Crippen LogP contribution in [0.5, 0.6) is 0 Å². The first-order valence-electron chi connectivity index (χ1n) is 7.42. The zero-order valence-electron chi connectivity index (χ0n) is 13.0. The van der Waals surface area contributed by atoms with E-state index in [1.165, 1.54) is 6.07 Å². The van der Waals surface area contributed by atoms with Crippen molar-refractivity contribution in [2.24, 2.45) is 0 Å². The van der Waals surface area contributed by atoms with Crippen LogP contribution in [0.2, 0.25) is 0 Å². The number of carbonyl (C=O) groups is 1. The molecule has 0 unspecified atom stereocenters. The summed E-state index contributed by atoms with van der Waals surface area (Å²) in [5.74, 6) is -0.658. The van der Waals surface area contributed by atoms with Gasteiger partial charge in [0.2, 0.25) is 0 Å². The van der Waals surface area contributed by atoms with Crippen molar-refractivity contribution in [3.63, 3.8) is 0 Å². The van der Waals surface area contributed by atoms with Gasteiger partial charge >= 0.3 is 6.03 Å². The molecular weight excluding hydrogens is 330 g/mol. The number of carbonyl (C=O) groups excluding carboxylic acids is 1. The number of hydrogen-bond donors (Lipinski definition) is 2. The molecule has 128 valence electrons. The standard InChI is InChI=1S/C16H14F2N6O/c17-11-3-1-4-12(18)13(11)23-16(25)22-8-10-24-9-7-21-15(24)14-19-5-2-6-20-14/h1-7,9H,8,10H2,(H2,22,23,25). The number of halogens is 2. The predicted molar refractivity (Wildman–Crippen MR) is 86.6 cm³/mol. The molecule has 0 atom stereocenters. The lowest BCUT2D eigenvalue weighted by atomic mass is 10.3.